The lowest BCUT2D eigenvalue weighted by molar-refractivity contribution is -0.121. The molecule has 112 valence electrons. The normalized spacial score (nSPS) is 10.7. The third-order valence-corrected chi connectivity index (χ3v) is 2.99. The van der Waals surface area contributed by atoms with Crippen LogP contribution in [-0.4, -0.2) is 32.0 Å². The molecule has 3 N–H and O–H groups in total. The van der Waals surface area contributed by atoms with Crippen LogP contribution in [0.3, 0.4) is 0 Å². The Morgan fingerprint density at radius 2 is 2.36 bits per heavy atom. The van der Waals surface area contributed by atoms with E-state index >= 15 is 0 Å². The van der Waals surface area contributed by atoms with Crippen LogP contribution in [-0.2, 0) is 11.3 Å². The molecule has 0 aromatic carbocycles. The van der Waals surface area contributed by atoms with Crippen LogP contribution in [0.1, 0.15) is 0 Å². The van der Waals surface area contributed by atoms with Crippen molar-refractivity contribution in [2.24, 2.45) is 0 Å². The predicted octanol–water partition coefficient (Wildman–Crippen LogP) is 0.971. The fourth-order valence-electron chi connectivity index (χ4n) is 2.06. The number of nitrogens with zero attached hydrogens (tertiary/aromatic N) is 4. The summed E-state index contributed by atoms with van der Waals surface area (Å²) in [4.78, 5) is 24.4. The number of hydrogen-bond acceptors (Lipinski definition) is 6. The molecular formula is C14H14N6O2. The minimum atomic E-state index is -0.170. The first kappa shape index (κ1) is 13.8. The highest BCUT2D eigenvalue weighted by molar-refractivity contribution is 5.87. The largest absolute Gasteiger partial charge is 0.463 e. The number of nitrogen functional groups attached to an aromatic ring is 1. The molecule has 0 aliphatic carbocycles. The molecule has 22 heavy (non-hydrogen) atoms. The first-order valence-electron chi connectivity index (χ1n) is 6.59. The Morgan fingerprint density at radius 1 is 1.50 bits per heavy atom. The van der Waals surface area contributed by atoms with Gasteiger partial charge in [-0.3, -0.25) is 4.79 Å². The molecule has 0 unspecified atom stereocenters. The summed E-state index contributed by atoms with van der Waals surface area (Å²) in [5.41, 5.74) is 7.26. The first-order valence-corrected chi connectivity index (χ1v) is 6.59. The molecule has 1 amide bonds. The summed E-state index contributed by atoms with van der Waals surface area (Å²) < 4.78 is 6.95. The standard InChI is InChI=1S/C14H14N6O2/c1-2-5-16-10(21)7-20-8-17-12-11(9-4-3-6-22-9)18-14(15)19-13(12)20/h2-4,6,8H,1,5,7H2,(H,16,21)(H2,15,18,19). The summed E-state index contributed by atoms with van der Waals surface area (Å²) in [7, 11) is 0. The van der Waals surface area contributed by atoms with Crippen molar-refractivity contribution in [3.8, 4) is 11.5 Å². The van der Waals surface area contributed by atoms with Crippen LogP contribution in [0.5, 0.6) is 0 Å². The molecular weight excluding hydrogens is 284 g/mol. The minimum Gasteiger partial charge on any atom is -0.463 e. The average Bonchev–Trinajstić information content (AvgIpc) is 3.15. The molecule has 0 fully saturated rings. The number of rotatable bonds is 5. The molecule has 0 atom stereocenters. The average molecular weight is 298 g/mol. The third kappa shape index (κ3) is 2.53. The zero-order valence-corrected chi connectivity index (χ0v) is 11.7. The highest BCUT2D eigenvalue weighted by atomic mass is 16.3. The second-order valence-corrected chi connectivity index (χ2v) is 4.55. The van der Waals surface area contributed by atoms with Crippen molar-refractivity contribution < 1.29 is 9.21 Å². The molecule has 3 heterocycles. The Bertz CT molecular complexity index is 821. The van der Waals surface area contributed by atoms with Gasteiger partial charge in [-0.2, -0.15) is 4.98 Å². The van der Waals surface area contributed by atoms with Crippen molar-refractivity contribution >= 4 is 23.0 Å². The summed E-state index contributed by atoms with van der Waals surface area (Å²) in [6, 6.07) is 3.51. The zero-order valence-electron chi connectivity index (χ0n) is 11.7. The lowest BCUT2D eigenvalue weighted by Crippen LogP contribution is -2.27. The van der Waals surface area contributed by atoms with Crippen LogP contribution in [0.25, 0.3) is 22.6 Å². The van der Waals surface area contributed by atoms with Gasteiger partial charge in [-0.25, -0.2) is 9.97 Å². The number of anilines is 1. The second kappa shape index (κ2) is 5.68. The lowest BCUT2D eigenvalue weighted by atomic mass is 10.3. The van der Waals surface area contributed by atoms with Crippen LogP contribution in [0, 0.1) is 0 Å². The second-order valence-electron chi connectivity index (χ2n) is 4.55. The maximum absolute atomic E-state index is 11.8. The summed E-state index contributed by atoms with van der Waals surface area (Å²) in [5.74, 6) is 0.462. The summed E-state index contributed by atoms with van der Waals surface area (Å²) in [6.45, 7) is 4.03. The van der Waals surface area contributed by atoms with Gasteiger partial charge in [0.25, 0.3) is 0 Å². The van der Waals surface area contributed by atoms with Gasteiger partial charge in [0, 0.05) is 6.54 Å². The number of hydrogen-bond donors (Lipinski definition) is 2. The number of aromatic nitrogens is 4. The number of imidazole rings is 1. The first-order chi connectivity index (χ1) is 10.7. The Labute approximate surface area is 125 Å². The van der Waals surface area contributed by atoms with Gasteiger partial charge in [-0.15, -0.1) is 6.58 Å². The molecule has 0 saturated heterocycles. The van der Waals surface area contributed by atoms with Gasteiger partial charge in [0.1, 0.15) is 17.8 Å². The van der Waals surface area contributed by atoms with E-state index in [1.54, 1.807) is 29.0 Å². The van der Waals surface area contributed by atoms with Crippen LogP contribution in [0.2, 0.25) is 0 Å². The Hall–Kier alpha value is -3.16. The van der Waals surface area contributed by atoms with E-state index in [0.29, 0.717) is 29.2 Å². The lowest BCUT2D eigenvalue weighted by Gasteiger charge is -2.05. The van der Waals surface area contributed by atoms with Gasteiger partial charge in [0.15, 0.2) is 11.4 Å². The highest BCUT2D eigenvalue weighted by Crippen LogP contribution is 2.25. The number of amides is 1. The molecule has 0 aliphatic heterocycles. The van der Waals surface area contributed by atoms with Gasteiger partial charge < -0.3 is 20.0 Å². The van der Waals surface area contributed by atoms with Crippen molar-refractivity contribution in [2.75, 3.05) is 12.3 Å². The fourth-order valence-corrected chi connectivity index (χ4v) is 2.06. The SMILES string of the molecule is C=CCNC(=O)Cn1cnc2c(-c3ccco3)nc(N)nc21. The molecule has 8 heteroatoms. The molecule has 0 radical (unpaired) electrons. The van der Waals surface area contributed by atoms with Crippen molar-refractivity contribution in [2.45, 2.75) is 6.54 Å². The van der Waals surface area contributed by atoms with Crippen molar-refractivity contribution in [1.82, 2.24) is 24.8 Å². The van der Waals surface area contributed by atoms with E-state index < -0.39 is 0 Å². The number of fused-ring (bicyclic) bond motifs is 1. The Morgan fingerprint density at radius 3 is 3.09 bits per heavy atom. The van der Waals surface area contributed by atoms with E-state index in [-0.39, 0.29) is 18.4 Å². The van der Waals surface area contributed by atoms with Crippen LogP contribution in [0.15, 0.2) is 41.8 Å². The molecule has 0 bridgehead atoms. The summed E-state index contributed by atoms with van der Waals surface area (Å²) in [6.07, 6.45) is 4.68. The molecule has 0 spiro atoms. The highest BCUT2D eigenvalue weighted by Gasteiger charge is 2.16. The van der Waals surface area contributed by atoms with Crippen molar-refractivity contribution in [1.29, 1.82) is 0 Å². The van der Waals surface area contributed by atoms with E-state index in [4.69, 9.17) is 10.2 Å². The van der Waals surface area contributed by atoms with Gasteiger partial charge in [0.05, 0.1) is 12.6 Å². The molecule has 0 aliphatic rings. The molecule has 3 aromatic heterocycles. The Kier molecular flexibility index (Phi) is 3.57. The third-order valence-electron chi connectivity index (χ3n) is 2.99. The zero-order chi connectivity index (χ0) is 15.5. The molecule has 0 saturated carbocycles. The van der Waals surface area contributed by atoms with Gasteiger partial charge >= 0.3 is 0 Å². The number of furan rings is 1. The molecule has 3 rings (SSSR count). The summed E-state index contributed by atoms with van der Waals surface area (Å²) >= 11 is 0. The van der Waals surface area contributed by atoms with Gasteiger partial charge in [-0.1, -0.05) is 6.08 Å². The smallest absolute Gasteiger partial charge is 0.240 e. The van der Waals surface area contributed by atoms with E-state index in [1.807, 2.05) is 0 Å². The number of nitrogens with two attached hydrogens (primary N) is 1. The molecule has 8 nitrogen and oxygen atoms in total. The maximum Gasteiger partial charge on any atom is 0.240 e. The topological polar surface area (TPSA) is 112 Å². The van der Waals surface area contributed by atoms with Crippen LogP contribution >= 0.6 is 0 Å². The van der Waals surface area contributed by atoms with Crippen molar-refractivity contribution in [3.63, 3.8) is 0 Å². The van der Waals surface area contributed by atoms with E-state index in [2.05, 4.69) is 26.8 Å². The fraction of sp³-hybridized carbons (Fsp3) is 0.143. The molecule has 3 aromatic rings. The van der Waals surface area contributed by atoms with Gasteiger partial charge in [-0.05, 0) is 12.1 Å². The van der Waals surface area contributed by atoms with E-state index in [1.165, 1.54) is 6.33 Å². The quantitative estimate of drug-likeness (QED) is 0.679. The van der Waals surface area contributed by atoms with Crippen molar-refractivity contribution in [3.05, 3.63) is 37.4 Å². The van der Waals surface area contributed by atoms with Gasteiger partial charge in [0.2, 0.25) is 11.9 Å². The maximum atomic E-state index is 11.8. The van der Waals surface area contributed by atoms with E-state index in [0.717, 1.165) is 0 Å². The van der Waals surface area contributed by atoms with Crippen LogP contribution < -0.4 is 11.1 Å². The number of carbonyl (C=O) groups excluding carboxylic acids is 1. The monoisotopic (exact) mass is 298 g/mol. The van der Waals surface area contributed by atoms with E-state index in [9.17, 15) is 4.79 Å². The Balaban J connectivity index is 2.00. The number of carbonyl (C=O) groups is 1. The predicted molar refractivity (Wildman–Crippen MR) is 80.6 cm³/mol. The van der Waals surface area contributed by atoms with Crippen LogP contribution in [0.4, 0.5) is 5.95 Å². The summed E-state index contributed by atoms with van der Waals surface area (Å²) in [5, 5.41) is 2.69. The number of nitrogens with one attached hydrogen (secondary N) is 1. The minimum absolute atomic E-state index is 0.0817.